The van der Waals surface area contributed by atoms with E-state index in [1.807, 2.05) is 19.1 Å². The Morgan fingerprint density at radius 3 is 2.59 bits per heavy atom. The largest absolute Gasteiger partial charge is 0.390 e. The topological polar surface area (TPSA) is 23.5 Å². The van der Waals surface area contributed by atoms with Gasteiger partial charge < -0.3 is 5.11 Å². The third kappa shape index (κ3) is 3.35. The van der Waals surface area contributed by atoms with Gasteiger partial charge >= 0.3 is 0 Å². The lowest BCUT2D eigenvalue weighted by Gasteiger charge is -2.35. The fourth-order valence-corrected chi connectivity index (χ4v) is 2.48. The first-order valence-electron chi connectivity index (χ1n) is 5.85. The van der Waals surface area contributed by atoms with Crippen LogP contribution in [0.25, 0.3) is 0 Å². The average Bonchev–Trinajstić information content (AvgIpc) is 2.27. The molecule has 17 heavy (non-hydrogen) atoms. The van der Waals surface area contributed by atoms with Gasteiger partial charge in [-0.25, -0.2) is 0 Å². The van der Waals surface area contributed by atoms with Gasteiger partial charge in [-0.05, 0) is 31.4 Å². The summed E-state index contributed by atoms with van der Waals surface area (Å²) in [5, 5.41) is 11.1. The van der Waals surface area contributed by atoms with E-state index in [1.54, 1.807) is 6.07 Å². The highest BCUT2D eigenvalue weighted by Crippen LogP contribution is 2.28. The Kier molecular flexibility index (Phi) is 3.99. The lowest BCUT2D eigenvalue weighted by Crippen LogP contribution is -2.41. The van der Waals surface area contributed by atoms with Crippen LogP contribution in [0.1, 0.15) is 25.3 Å². The lowest BCUT2D eigenvalue weighted by atomic mass is 9.93. The fourth-order valence-electron chi connectivity index (χ4n) is 2.10. The van der Waals surface area contributed by atoms with Gasteiger partial charge in [-0.2, -0.15) is 0 Å². The van der Waals surface area contributed by atoms with Gasteiger partial charge in [0.1, 0.15) is 0 Å². The predicted octanol–water partition coefficient (Wildman–Crippen LogP) is 3.34. The second kappa shape index (κ2) is 5.15. The number of likely N-dealkylation sites (tertiary alicyclic amines) is 1. The maximum Gasteiger partial charge on any atom is 0.0644 e. The molecule has 1 saturated heterocycles. The van der Waals surface area contributed by atoms with Crippen LogP contribution in [0.2, 0.25) is 10.0 Å². The number of piperidine rings is 1. The minimum absolute atomic E-state index is 0.505. The molecule has 0 saturated carbocycles. The van der Waals surface area contributed by atoms with Crippen LogP contribution in [0.3, 0.4) is 0 Å². The van der Waals surface area contributed by atoms with Crippen LogP contribution in [-0.2, 0) is 6.54 Å². The van der Waals surface area contributed by atoms with Crippen LogP contribution >= 0.6 is 23.2 Å². The molecule has 1 aromatic rings. The summed E-state index contributed by atoms with van der Waals surface area (Å²) in [6, 6.07) is 5.72. The smallest absolute Gasteiger partial charge is 0.0644 e. The molecule has 0 atom stereocenters. The van der Waals surface area contributed by atoms with E-state index in [0.717, 1.165) is 38.0 Å². The first kappa shape index (κ1) is 13.2. The summed E-state index contributed by atoms with van der Waals surface area (Å²) >= 11 is 12.1. The van der Waals surface area contributed by atoms with Gasteiger partial charge in [0, 0.05) is 19.6 Å². The van der Waals surface area contributed by atoms with Crippen LogP contribution in [0.5, 0.6) is 0 Å². The van der Waals surface area contributed by atoms with E-state index in [2.05, 4.69) is 4.90 Å². The summed E-state index contributed by atoms with van der Waals surface area (Å²) in [5.74, 6) is 0. The highest BCUT2D eigenvalue weighted by Gasteiger charge is 2.27. The van der Waals surface area contributed by atoms with E-state index in [0.29, 0.717) is 10.0 Å². The van der Waals surface area contributed by atoms with Gasteiger partial charge in [-0.3, -0.25) is 4.90 Å². The molecule has 94 valence electrons. The van der Waals surface area contributed by atoms with Crippen molar-refractivity contribution < 1.29 is 5.11 Å². The highest BCUT2D eigenvalue weighted by atomic mass is 35.5. The standard InChI is InChI=1S/C13H17Cl2NO/c1-13(17)5-7-16(8-6-13)9-10-3-2-4-11(14)12(10)15/h2-4,17H,5-9H2,1H3. The van der Waals surface area contributed by atoms with Gasteiger partial charge in [0.2, 0.25) is 0 Å². The lowest BCUT2D eigenvalue weighted by molar-refractivity contribution is -0.00729. The second-order valence-corrected chi connectivity index (χ2v) is 5.77. The van der Waals surface area contributed by atoms with Crippen molar-refractivity contribution >= 4 is 23.2 Å². The highest BCUT2D eigenvalue weighted by molar-refractivity contribution is 6.42. The molecular weight excluding hydrogens is 257 g/mol. The van der Waals surface area contributed by atoms with E-state index in [4.69, 9.17) is 23.2 Å². The SMILES string of the molecule is CC1(O)CCN(Cc2cccc(Cl)c2Cl)CC1. The quantitative estimate of drug-likeness (QED) is 0.894. The molecule has 0 aromatic heterocycles. The summed E-state index contributed by atoms with van der Waals surface area (Å²) < 4.78 is 0. The first-order valence-corrected chi connectivity index (χ1v) is 6.61. The molecule has 0 amide bonds. The summed E-state index contributed by atoms with van der Waals surface area (Å²) in [6.07, 6.45) is 1.62. The zero-order valence-corrected chi connectivity index (χ0v) is 11.4. The Bertz CT molecular complexity index is 396. The molecule has 1 aliphatic rings. The maximum absolute atomic E-state index is 9.88. The normalized spacial score (nSPS) is 20.5. The van der Waals surface area contributed by atoms with E-state index >= 15 is 0 Å². The van der Waals surface area contributed by atoms with Crippen LogP contribution in [0, 0.1) is 0 Å². The van der Waals surface area contributed by atoms with Crippen LogP contribution in [0.4, 0.5) is 0 Å². The summed E-state index contributed by atoms with van der Waals surface area (Å²) in [7, 11) is 0. The Morgan fingerprint density at radius 2 is 1.94 bits per heavy atom. The molecule has 1 fully saturated rings. The third-order valence-corrected chi connectivity index (χ3v) is 4.22. The molecule has 0 radical (unpaired) electrons. The molecule has 1 heterocycles. The Morgan fingerprint density at radius 1 is 1.29 bits per heavy atom. The van der Waals surface area contributed by atoms with Crippen molar-refractivity contribution in [1.29, 1.82) is 0 Å². The summed E-state index contributed by atoms with van der Waals surface area (Å²) in [4.78, 5) is 2.30. The molecule has 0 unspecified atom stereocenters. The van der Waals surface area contributed by atoms with Crippen molar-refractivity contribution in [1.82, 2.24) is 4.90 Å². The molecule has 0 bridgehead atoms. The molecule has 0 spiro atoms. The summed E-state index contributed by atoms with van der Waals surface area (Å²) in [5.41, 5.74) is 0.551. The van der Waals surface area contributed by atoms with Crippen LogP contribution in [-0.4, -0.2) is 28.7 Å². The minimum atomic E-state index is -0.505. The average molecular weight is 274 g/mol. The number of rotatable bonds is 2. The van der Waals surface area contributed by atoms with Crippen LogP contribution in [0.15, 0.2) is 18.2 Å². The molecule has 2 nitrogen and oxygen atoms in total. The number of hydrogen-bond acceptors (Lipinski definition) is 2. The van der Waals surface area contributed by atoms with Crippen molar-refractivity contribution in [2.45, 2.75) is 31.9 Å². The van der Waals surface area contributed by atoms with Gasteiger partial charge in [0.25, 0.3) is 0 Å². The van der Waals surface area contributed by atoms with Crippen molar-refractivity contribution in [2.24, 2.45) is 0 Å². The zero-order chi connectivity index (χ0) is 12.5. The molecule has 1 aliphatic heterocycles. The van der Waals surface area contributed by atoms with Crippen molar-refractivity contribution in [2.75, 3.05) is 13.1 Å². The Labute approximate surface area is 112 Å². The van der Waals surface area contributed by atoms with Crippen LogP contribution < -0.4 is 0 Å². The van der Waals surface area contributed by atoms with Gasteiger partial charge in [0.05, 0.1) is 15.6 Å². The van der Waals surface area contributed by atoms with E-state index in [9.17, 15) is 5.11 Å². The second-order valence-electron chi connectivity index (χ2n) is 4.99. The monoisotopic (exact) mass is 273 g/mol. The maximum atomic E-state index is 9.88. The molecular formula is C13H17Cl2NO. The molecule has 1 aromatic carbocycles. The zero-order valence-electron chi connectivity index (χ0n) is 9.92. The molecule has 0 aliphatic carbocycles. The molecule has 1 N–H and O–H groups in total. The van der Waals surface area contributed by atoms with Crippen molar-refractivity contribution in [3.8, 4) is 0 Å². The third-order valence-electron chi connectivity index (χ3n) is 3.36. The van der Waals surface area contributed by atoms with Crippen molar-refractivity contribution in [3.05, 3.63) is 33.8 Å². The fraction of sp³-hybridized carbons (Fsp3) is 0.538. The number of benzene rings is 1. The number of hydrogen-bond donors (Lipinski definition) is 1. The number of halogens is 2. The number of nitrogens with zero attached hydrogens (tertiary/aromatic N) is 1. The Balaban J connectivity index is 2.00. The predicted molar refractivity (Wildman–Crippen MR) is 71.6 cm³/mol. The first-order chi connectivity index (χ1) is 7.98. The minimum Gasteiger partial charge on any atom is -0.390 e. The molecule has 2 rings (SSSR count). The molecule has 4 heteroatoms. The summed E-state index contributed by atoms with van der Waals surface area (Å²) in [6.45, 7) is 4.50. The van der Waals surface area contributed by atoms with Crippen molar-refractivity contribution in [3.63, 3.8) is 0 Å². The Hall–Kier alpha value is -0.280. The van der Waals surface area contributed by atoms with Gasteiger partial charge in [-0.15, -0.1) is 0 Å². The van der Waals surface area contributed by atoms with Gasteiger partial charge in [-0.1, -0.05) is 35.3 Å². The number of aliphatic hydroxyl groups is 1. The van der Waals surface area contributed by atoms with E-state index in [1.165, 1.54) is 0 Å². The van der Waals surface area contributed by atoms with E-state index in [-0.39, 0.29) is 0 Å². The van der Waals surface area contributed by atoms with Gasteiger partial charge in [0.15, 0.2) is 0 Å². The van der Waals surface area contributed by atoms with E-state index < -0.39 is 5.60 Å².